The molecule has 0 radical (unpaired) electrons. The van der Waals surface area contributed by atoms with E-state index in [1.165, 1.54) is 17.0 Å². The highest BCUT2D eigenvalue weighted by Crippen LogP contribution is 2.21. The molecule has 1 aromatic rings. The van der Waals surface area contributed by atoms with Crippen LogP contribution in [0.5, 0.6) is 5.75 Å². The van der Waals surface area contributed by atoms with Crippen molar-refractivity contribution in [2.24, 2.45) is 0 Å². The maximum Gasteiger partial charge on any atom is 0.410 e. The number of hydrogen-bond donors (Lipinski definition) is 3. The molecule has 1 aliphatic heterocycles. The largest absolute Gasteiger partial charge is 0.508 e. The fourth-order valence-corrected chi connectivity index (χ4v) is 3.41. The first-order valence-corrected chi connectivity index (χ1v) is 11.0. The molecule has 2 rings (SSSR count). The average molecular weight is 464 g/mol. The van der Waals surface area contributed by atoms with E-state index in [2.05, 4.69) is 10.6 Å². The van der Waals surface area contributed by atoms with Crippen LogP contribution in [0.4, 0.5) is 4.79 Å². The van der Waals surface area contributed by atoms with Crippen molar-refractivity contribution in [3.8, 4) is 5.75 Å². The number of phenolic OH excluding ortho intramolecular Hbond substituents is 1. The lowest BCUT2D eigenvalue weighted by Crippen LogP contribution is -2.51. The Kier molecular flexibility index (Phi) is 9.07. The van der Waals surface area contributed by atoms with Gasteiger partial charge in [0.05, 0.1) is 13.2 Å². The maximum absolute atomic E-state index is 12.6. The Morgan fingerprint density at radius 3 is 2.45 bits per heavy atom. The van der Waals surface area contributed by atoms with Gasteiger partial charge in [0.1, 0.15) is 23.4 Å². The van der Waals surface area contributed by atoms with Gasteiger partial charge in [-0.3, -0.25) is 14.5 Å². The van der Waals surface area contributed by atoms with Crippen molar-refractivity contribution in [1.82, 2.24) is 15.5 Å². The van der Waals surface area contributed by atoms with E-state index in [0.717, 1.165) is 0 Å². The van der Waals surface area contributed by atoms with E-state index in [-0.39, 0.29) is 25.3 Å². The number of likely N-dealkylation sites (tertiary alicyclic amines) is 1. The van der Waals surface area contributed by atoms with Crippen LogP contribution in [0.3, 0.4) is 0 Å². The molecule has 0 saturated carbocycles. The molecule has 0 aliphatic carbocycles. The van der Waals surface area contributed by atoms with Crippen molar-refractivity contribution >= 4 is 23.9 Å². The molecular weight excluding hydrogens is 430 g/mol. The number of phenols is 1. The summed E-state index contributed by atoms with van der Waals surface area (Å²) in [5, 5.41) is 14.5. The molecule has 3 amide bonds. The lowest BCUT2D eigenvalue weighted by atomic mass is 10.1. The molecule has 33 heavy (non-hydrogen) atoms. The highest BCUT2D eigenvalue weighted by atomic mass is 16.6. The molecule has 0 unspecified atom stereocenters. The third kappa shape index (κ3) is 8.28. The Labute approximate surface area is 193 Å². The minimum absolute atomic E-state index is 0.0884. The van der Waals surface area contributed by atoms with Gasteiger partial charge in [-0.25, -0.2) is 9.59 Å². The van der Waals surface area contributed by atoms with E-state index in [1.54, 1.807) is 39.8 Å². The monoisotopic (exact) mass is 463 g/mol. The number of ether oxygens (including phenoxy) is 2. The summed E-state index contributed by atoms with van der Waals surface area (Å²) >= 11 is 0. The SMILES string of the molecule is CCOC(=O)[C@@H](Cc1ccc(O)cc1)NC(=O)CNC(=O)[C@@H]1CCCN1C(=O)OC(C)(C)C. The van der Waals surface area contributed by atoms with E-state index in [9.17, 15) is 24.3 Å². The molecule has 0 bridgehead atoms. The van der Waals surface area contributed by atoms with Gasteiger partial charge in [0.2, 0.25) is 11.8 Å². The molecule has 0 spiro atoms. The van der Waals surface area contributed by atoms with E-state index in [0.29, 0.717) is 24.9 Å². The number of amides is 3. The van der Waals surface area contributed by atoms with Crippen LogP contribution in [-0.2, 0) is 30.3 Å². The predicted molar refractivity (Wildman–Crippen MR) is 119 cm³/mol. The zero-order valence-electron chi connectivity index (χ0n) is 19.6. The summed E-state index contributed by atoms with van der Waals surface area (Å²) < 4.78 is 10.4. The maximum atomic E-state index is 12.6. The number of carbonyl (C=O) groups is 4. The summed E-state index contributed by atoms with van der Waals surface area (Å²) in [6, 6.07) is 4.57. The second-order valence-electron chi connectivity index (χ2n) is 8.79. The zero-order valence-corrected chi connectivity index (χ0v) is 19.6. The van der Waals surface area contributed by atoms with Crippen LogP contribution in [0.25, 0.3) is 0 Å². The van der Waals surface area contributed by atoms with Crippen molar-refractivity contribution in [3.63, 3.8) is 0 Å². The number of esters is 1. The van der Waals surface area contributed by atoms with E-state index < -0.39 is 41.6 Å². The first-order chi connectivity index (χ1) is 15.5. The van der Waals surface area contributed by atoms with E-state index in [1.807, 2.05) is 0 Å². The van der Waals surface area contributed by atoms with Crippen molar-refractivity contribution in [2.75, 3.05) is 19.7 Å². The molecule has 10 heteroatoms. The molecule has 1 fully saturated rings. The third-order valence-corrected chi connectivity index (χ3v) is 4.89. The summed E-state index contributed by atoms with van der Waals surface area (Å²) in [6.45, 7) is 7.10. The molecule has 0 aromatic heterocycles. The van der Waals surface area contributed by atoms with Crippen molar-refractivity contribution in [2.45, 2.75) is 64.6 Å². The second kappa shape index (κ2) is 11.5. The molecule has 1 aromatic carbocycles. The van der Waals surface area contributed by atoms with Gasteiger partial charge in [-0.1, -0.05) is 12.1 Å². The summed E-state index contributed by atoms with van der Waals surface area (Å²) in [5.41, 5.74) is 0.0364. The van der Waals surface area contributed by atoms with Gasteiger partial charge in [-0.15, -0.1) is 0 Å². The summed E-state index contributed by atoms with van der Waals surface area (Å²) in [4.78, 5) is 51.1. The fraction of sp³-hybridized carbons (Fsp3) is 0.565. The molecule has 1 saturated heterocycles. The Morgan fingerprint density at radius 1 is 1.18 bits per heavy atom. The first kappa shape index (κ1) is 26.0. The highest BCUT2D eigenvalue weighted by molar-refractivity contribution is 5.91. The number of hydrogen-bond acceptors (Lipinski definition) is 7. The second-order valence-corrected chi connectivity index (χ2v) is 8.79. The van der Waals surface area contributed by atoms with Crippen molar-refractivity contribution in [3.05, 3.63) is 29.8 Å². The first-order valence-electron chi connectivity index (χ1n) is 11.0. The Hall–Kier alpha value is -3.30. The van der Waals surface area contributed by atoms with Crippen LogP contribution in [0, 0.1) is 0 Å². The lowest BCUT2D eigenvalue weighted by Gasteiger charge is -2.28. The summed E-state index contributed by atoms with van der Waals surface area (Å²) in [5.74, 6) is -1.54. The van der Waals surface area contributed by atoms with Gasteiger partial charge in [0.25, 0.3) is 0 Å². The summed E-state index contributed by atoms with van der Waals surface area (Å²) in [6.07, 6.45) is 0.717. The quantitative estimate of drug-likeness (QED) is 0.497. The van der Waals surface area contributed by atoms with Gasteiger partial charge in [-0.2, -0.15) is 0 Å². The fourth-order valence-electron chi connectivity index (χ4n) is 3.41. The highest BCUT2D eigenvalue weighted by Gasteiger charge is 2.36. The molecule has 10 nitrogen and oxygen atoms in total. The number of carbonyl (C=O) groups excluding carboxylic acids is 4. The standard InChI is InChI=1S/C23H33N3O7/c1-5-32-21(30)17(13-15-8-10-16(27)11-9-15)25-19(28)14-24-20(29)18-7-6-12-26(18)22(31)33-23(2,3)4/h8-11,17-18,27H,5-7,12-14H2,1-4H3,(H,24,29)(H,25,28)/t17-,18+/m1/s1. The smallest absolute Gasteiger partial charge is 0.410 e. The number of nitrogens with zero attached hydrogens (tertiary/aromatic N) is 1. The van der Waals surface area contributed by atoms with Gasteiger partial charge >= 0.3 is 12.1 Å². The van der Waals surface area contributed by atoms with E-state index >= 15 is 0 Å². The number of rotatable bonds is 8. The van der Waals surface area contributed by atoms with Gasteiger partial charge < -0.3 is 25.2 Å². The van der Waals surface area contributed by atoms with Crippen LogP contribution in [-0.4, -0.2) is 71.3 Å². The molecular formula is C23H33N3O7. The average Bonchev–Trinajstić information content (AvgIpc) is 3.22. The summed E-state index contributed by atoms with van der Waals surface area (Å²) in [7, 11) is 0. The Balaban J connectivity index is 1.93. The van der Waals surface area contributed by atoms with E-state index in [4.69, 9.17) is 9.47 Å². The molecule has 3 N–H and O–H groups in total. The topological polar surface area (TPSA) is 134 Å². The molecule has 1 heterocycles. The molecule has 1 aliphatic rings. The number of benzene rings is 1. The minimum Gasteiger partial charge on any atom is -0.508 e. The van der Waals surface area contributed by atoms with Gasteiger partial charge in [0.15, 0.2) is 0 Å². The molecule has 2 atom stereocenters. The predicted octanol–water partition coefficient (Wildman–Crippen LogP) is 1.50. The number of aromatic hydroxyl groups is 1. The van der Waals surface area contributed by atoms with Gasteiger partial charge in [0, 0.05) is 13.0 Å². The van der Waals surface area contributed by atoms with Crippen LogP contribution >= 0.6 is 0 Å². The van der Waals surface area contributed by atoms with Crippen molar-refractivity contribution in [1.29, 1.82) is 0 Å². The number of nitrogens with one attached hydrogen (secondary N) is 2. The van der Waals surface area contributed by atoms with Crippen LogP contribution < -0.4 is 10.6 Å². The zero-order chi connectivity index (χ0) is 24.6. The Morgan fingerprint density at radius 2 is 1.85 bits per heavy atom. The lowest BCUT2D eigenvalue weighted by molar-refractivity contribution is -0.147. The third-order valence-electron chi connectivity index (χ3n) is 4.89. The van der Waals surface area contributed by atoms with Gasteiger partial charge in [-0.05, 0) is 58.2 Å². The van der Waals surface area contributed by atoms with Crippen LogP contribution in [0.1, 0.15) is 46.1 Å². The Bertz CT molecular complexity index is 849. The van der Waals surface area contributed by atoms with Crippen LogP contribution in [0.15, 0.2) is 24.3 Å². The normalized spacial score (nSPS) is 16.6. The molecule has 182 valence electrons. The van der Waals surface area contributed by atoms with Crippen molar-refractivity contribution < 1.29 is 33.8 Å². The van der Waals surface area contributed by atoms with Crippen LogP contribution in [0.2, 0.25) is 0 Å². The minimum atomic E-state index is -0.955.